The predicted octanol–water partition coefficient (Wildman–Crippen LogP) is 2.99. The molecule has 1 N–H and O–H groups in total. The van der Waals surface area contributed by atoms with E-state index in [4.69, 9.17) is 4.74 Å². The number of aromatic amines is 1. The van der Waals surface area contributed by atoms with Gasteiger partial charge in [0.2, 0.25) is 0 Å². The molecule has 0 aliphatic heterocycles. The van der Waals surface area contributed by atoms with Crippen molar-refractivity contribution >= 4 is 5.97 Å². The molecule has 0 fully saturated rings. The Morgan fingerprint density at radius 1 is 1.26 bits per heavy atom. The average molecular weight is 258 g/mol. The van der Waals surface area contributed by atoms with Crippen LogP contribution in [0.5, 0.6) is 0 Å². The highest BCUT2D eigenvalue weighted by atomic mass is 16.5. The van der Waals surface area contributed by atoms with Gasteiger partial charge in [0.15, 0.2) is 5.69 Å². The van der Waals surface area contributed by atoms with Gasteiger partial charge in [0, 0.05) is 11.3 Å². The fourth-order valence-corrected chi connectivity index (χ4v) is 2.12. The topological polar surface area (TPSA) is 55.0 Å². The van der Waals surface area contributed by atoms with E-state index < -0.39 is 5.97 Å². The number of aryl methyl sites for hydroxylation is 2. The van der Waals surface area contributed by atoms with Crippen LogP contribution in [-0.2, 0) is 17.6 Å². The predicted molar refractivity (Wildman–Crippen MR) is 74.1 cm³/mol. The molecule has 1 aromatic carbocycles. The van der Waals surface area contributed by atoms with E-state index in [-0.39, 0.29) is 0 Å². The van der Waals surface area contributed by atoms with Crippen LogP contribution in [0.2, 0.25) is 0 Å². The van der Waals surface area contributed by atoms with E-state index in [2.05, 4.69) is 23.0 Å². The monoisotopic (exact) mass is 258 g/mol. The fourth-order valence-electron chi connectivity index (χ4n) is 2.12. The first kappa shape index (κ1) is 13.3. The molecule has 0 aliphatic carbocycles. The van der Waals surface area contributed by atoms with Crippen molar-refractivity contribution in [2.45, 2.75) is 26.7 Å². The van der Waals surface area contributed by atoms with Gasteiger partial charge in [-0.05, 0) is 18.4 Å². The second-order valence-corrected chi connectivity index (χ2v) is 4.27. The summed E-state index contributed by atoms with van der Waals surface area (Å²) in [6, 6.07) is 8.06. The summed E-state index contributed by atoms with van der Waals surface area (Å²) in [5.74, 6) is 0.336. The molecule has 19 heavy (non-hydrogen) atoms. The first-order valence-electron chi connectivity index (χ1n) is 6.46. The number of rotatable bonds is 4. The van der Waals surface area contributed by atoms with E-state index in [1.54, 1.807) is 0 Å². The highest BCUT2D eigenvalue weighted by Gasteiger charge is 2.18. The van der Waals surface area contributed by atoms with E-state index in [0.29, 0.717) is 12.1 Å². The number of carbonyl (C=O) groups is 1. The molecule has 0 saturated heterocycles. The molecule has 0 radical (unpaired) electrons. The third-order valence-corrected chi connectivity index (χ3v) is 3.16. The number of carbonyl (C=O) groups excluding carboxylic acids is 1. The molecule has 100 valence electrons. The summed E-state index contributed by atoms with van der Waals surface area (Å²) < 4.78 is 4.76. The Bertz CT molecular complexity index is 588. The third-order valence-electron chi connectivity index (χ3n) is 3.16. The van der Waals surface area contributed by atoms with Crippen molar-refractivity contribution in [1.82, 2.24) is 9.97 Å². The summed E-state index contributed by atoms with van der Waals surface area (Å²) in [6.45, 7) is 4.08. The standard InChI is InChI=1S/C15H18N2O2/c1-4-10-8-6-7-9-11(10)14-16-12(5-2)13(17-14)15(18)19-3/h6-9H,4-5H2,1-3H3,(H,16,17). The average Bonchev–Trinajstić information content (AvgIpc) is 2.90. The summed E-state index contributed by atoms with van der Waals surface area (Å²) in [6.07, 6.45) is 1.64. The Morgan fingerprint density at radius 2 is 2.00 bits per heavy atom. The Morgan fingerprint density at radius 3 is 2.63 bits per heavy atom. The molecule has 0 aliphatic rings. The van der Waals surface area contributed by atoms with Crippen LogP contribution in [0.3, 0.4) is 0 Å². The van der Waals surface area contributed by atoms with Crippen molar-refractivity contribution in [2.24, 2.45) is 0 Å². The van der Waals surface area contributed by atoms with E-state index in [1.165, 1.54) is 12.7 Å². The number of aromatic nitrogens is 2. The molecule has 4 nitrogen and oxygen atoms in total. The largest absolute Gasteiger partial charge is 0.464 e. The van der Waals surface area contributed by atoms with Crippen LogP contribution in [0.4, 0.5) is 0 Å². The van der Waals surface area contributed by atoms with E-state index in [1.807, 2.05) is 25.1 Å². The summed E-state index contributed by atoms with van der Waals surface area (Å²) in [7, 11) is 1.37. The summed E-state index contributed by atoms with van der Waals surface area (Å²) in [4.78, 5) is 19.3. The van der Waals surface area contributed by atoms with Crippen LogP contribution in [0.1, 0.15) is 35.6 Å². The number of nitrogens with one attached hydrogen (secondary N) is 1. The number of methoxy groups -OCH3 is 1. The quantitative estimate of drug-likeness (QED) is 0.858. The van der Waals surface area contributed by atoms with Crippen LogP contribution in [-0.4, -0.2) is 23.0 Å². The third kappa shape index (κ3) is 2.52. The van der Waals surface area contributed by atoms with Crippen molar-refractivity contribution in [3.63, 3.8) is 0 Å². The maximum Gasteiger partial charge on any atom is 0.358 e. The van der Waals surface area contributed by atoms with Crippen molar-refractivity contribution in [3.8, 4) is 11.4 Å². The van der Waals surface area contributed by atoms with Crippen LogP contribution in [0, 0.1) is 0 Å². The lowest BCUT2D eigenvalue weighted by Gasteiger charge is -2.03. The minimum Gasteiger partial charge on any atom is -0.464 e. The molecule has 4 heteroatoms. The molecule has 1 aromatic heterocycles. The summed E-state index contributed by atoms with van der Waals surface area (Å²) >= 11 is 0. The second kappa shape index (κ2) is 5.69. The Kier molecular flexibility index (Phi) is 4.00. The lowest BCUT2D eigenvalue weighted by Crippen LogP contribution is -2.04. The van der Waals surface area contributed by atoms with Gasteiger partial charge < -0.3 is 9.72 Å². The molecule has 0 spiro atoms. The maximum absolute atomic E-state index is 11.7. The van der Waals surface area contributed by atoms with Crippen molar-refractivity contribution in [1.29, 1.82) is 0 Å². The lowest BCUT2D eigenvalue weighted by atomic mass is 10.1. The Hall–Kier alpha value is -2.10. The highest BCUT2D eigenvalue weighted by Crippen LogP contribution is 2.23. The number of hydrogen-bond acceptors (Lipinski definition) is 3. The lowest BCUT2D eigenvalue weighted by molar-refractivity contribution is 0.0593. The van der Waals surface area contributed by atoms with Gasteiger partial charge >= 0.3 is 5.97 Å². The maximum atomic E-state index is 11.7. The van der Waals surface area contributed by atoms with Gasteiger partial charge in [-0.1, -0.05) is 38.1 Å². The Balaban J connectivity index is 2.51. The smallest absolute Gasteiger partial charge is 0.358 e. The molecular formula is C15H18N2O2. The summed E-state index contributed by atoms with van der Waals surface area (Å²) in [5, 5.41) is 0. The van der Waals surface area contributed by atoms with E-state index in [9.17, 15) is 4.79 Å². The van der Waals surface area contributed by atoms with Gasteiger partial charge in [-0.25, -0.2) is 9.78 Å². The molecule has 0 unspecified atom stereocenters. The number of esters is 1. The molecule has 2 rings (SSSR count). The fraction of sp³-hybridized carbons (Fsp3) is 0.333. The zero-order chi connectivity index (χ0) is 13.8. The van der Waals surface area contributed by atoms with Gasteiger partial charge in [0.1, 0.15) is 5.82 Å². The minimum absolute atomic E-state index is 0.380. The zero-order valence-corrected chi connectivity index (χ0v) is 11.5. The second-order valence-electron chi connectivity index (χ2n) is 4.27. The van der Waals surface area contributed by atoms with Gasteiger partial charge in [-0.2, -0.15) is 0 Å². The molecule has 0 saturated carbocycles. The molecular weight excluding hydrogens is 240 g/mol. The molecule has 0 amide bonds. The van der Waals surface area contributed by atoms with Crippen molar-refractivity contribution in [2.75, 3.05) is 7.11 Å². The molecule has 0 atom stereocenters. The summed E-state index contributed by atoms with van der Waals surface area (Å²) in [5.41, 5.74) is 3.43. The van der Waals surface area contributed by atoms with Gasteiger partial charge in [0.25, 0.3) is 0 Å². The first-order valence-corrected chi connectivity index (χ1v) is 6.46. The van der Waals surface area contributed by atoms with Gasteiger partial charge in [-0.15, -0.1) is 0 Å². The number of imidazole rings is 1. The molecule has 1 heterocycles. The van der Waals surface area contributed by atoms with Crippen LogP contribution < -0.4 is 0 Å². The SMILES string of the molecule is CCc1ccccc1-c1nc(C(=O)OC)c(CC)[nH]1. The van der Waals surface area contributed by atoms with E-state index in [0.717, 1.165) is 23.5 Å². The molecule has 2 aromatic rings. The van der Waals surface area contributed by atoms with Gasteiger partial charge in [0.05, 0.1) is 7.11 Å². The van der Waals surface area contributed by atoms with Crippen molar-refractivity contribution < 1.29 is 9.53 Å². The number of hydrogen-bond donors (Lipinski definition) is 1. The zero-order valence-electron chi connectivity index (χ0n) is 11.5. The van der Waals surface area contributed by atoms with E-state index >= 15 is 0 Å². The highest BCUT2D eigenvalue weighted by molar-refractivity contribution is 5.89. The first-order chi connectivity index (χ1) is 9.21. The number of benzene rings is 1. The number of H-pyrrole nitrogens is 1. The Labute approximate surface area is 112 Å². The van der Waals surface area contributed by atoms with Crippen LogP contribution >= 0.6 is 0 Å². The number of ether oxygens (including phenoxy) is 1. The minimum atomic E-state index is -0.395. The molecule has 0 bridgehead atoms. The number of nitrogens with zero attached hydrogens (tertiary/aromatic N) is 1. The normalized spacial score (nSPS) is 10.5. The van der Waals surface area contributed by atoms with Crippen LogP contribution in [0.15, 0.2) is 24.3 Å². The van der Waals surface area contributed by atoms with Gasteiger partial charge in [-0.3, -0.25) is 0 Å². The van der Waals surface area contributed by atoms with Crippen LogP contribution in [0.25, 0.3) is 11.4 Å². The van der Waals surface area contributed by atoms with Crippen molar-refractivity contribution in [3.05, 3.63) is 41.2 Å².